The van der Waals surface area contributed by atoms with E-state index in [1.807, 2.05) is 0 Å². The Labute approximate surface area is 160 Å². The third kappa shape index (κ3) is 3.91. The first-order chi connectivity index (χ1) is 13.4. The molecule has 2 aromatic carbocycles. The Balaban J connectivity index is 1.91. The van der Waals surface area contributed by atoms with E-state index >= 15 is 0 Å². The average Bonchev–Trinajstić information content (AvgIpc) is 2.72. The Morgan fingerprint density at radius 2 is 1.75 bits per heavy atom. The van der Waals surface area contributed by atoms with E-state index in [1.54, 1.807) is 24.3 Å². The third-order valence-corrected chi connectivity index (χ3v) is 4.30. The van der Waals surface area contributed by atoms with Crippen molar-refractivity contribution in [2.75, 3.05) is 0 Å². The van der Waals surface area contributed by atoms with Crippen LogP contribution in [0.2, 0.25) is 0 Å². The van der Waals surface area contributed by atoms with E-state index in [1.165, 1.54) is 35.9 Å². The minimum absolute atomic E-state index is 0.0932. The number of carbonyl (C=O) groups is 1. The van der Waals surface area contributed by atoms with E-state index in [0.29, 0.717) is 17.7 Å². The van der Waals surface area contributed by atoms with Crippen molar-refractivity contribution in [2.45, 2.75) is 13.1 Å². The van der Waals surface area contributed by atoms with Crippen molar-refractivity contribution in [3.05, 3.63) is 81.5 Å². The molecule has 0 atom stereocenters. The number of aromatic hydroxyl groups is 1. The molecule has 1 amide bonds. The molecule has 4 N–H and O–H groups in total. The standard InChI is InChI=1S/C20H19FN4O3/c1-25-18(14-6-2-12(10-22)3-7-14)24-16(17(26)20(25)28)19(27)23-11-13-4-8-15(21)9-5-13/h2-9,26H,10-11,22H2,1H3,(H,23,27). The summed E-state index contributed by atoms with van der Waals surface area (Å²) in [6.07, 6.45) is 0. The molecule has 0 aliphatic carbocycles. The molecule has 0 aliphatic rings. The van der Waals surface area contributed by atoms with Gasteiger partial charge in [0.25, 0.3) is 11.5 Å². The van der Waals surface area contributed by atoms with E-state index in [0.717, 1.165) is 5.56 Å². The minimum atomic E-state index is -0.736. The zero-order valence-corrected chi connectivity index (χ0v) is 15.1. The van der Waals surface area contributed by atoms with Gasteiger partial charge in [-0.05, 0) is 23.3 Å². The summed E-state index contributed by atoms with van der Waals surface area (Å²) in [6.45, 7) is 0.467. The second kappa shape index (κ2) is 8.01. The summed E-state index contributed by atoms with van der Waals surface area (Å²) in [4.78, 5) is 29.0. The first kappa shape index (κ1) is 19.2. The quantitative estimate of drug-likeness (QED) is 0.622. The maximum atomic E-state index is 13.0. The SMILES string of the molecule is Cn1c(-c2ccc(CN)cc2)nc(C(=O)NCc2ccc(F)cc2)c(O)c1=O. The topological polar surface area (TPSA) is 110 Å². The van der Waals surface area contributed by atoms with Gasteiger partial charge in [0.05, 0.1) is 0 Å². The second-order valence-corrected chi connectivity index (χ2v) is 6.21. The number of benzene rings is 2. The lowest BCUT2D eigenvalue weighted by Crippen LogP contribution is -2.29. The molecule has 3 rings (SSSR count). The van der Waals surface area contributed by atoms with Gasteiger partial charge < -0.3 is 16.2 Å². The van der Waals surface area contributed by atoms with Crippen LogP contribution in [0.1, 0.15) is 21.6 Å². The molecule has 0 saturated carbocycles. The molecule has 0 aliphatic heterocycles. The molecule has 1 aromatic heterocycles. The highest BCUT2D eigenvalue weighted by Crippen LogP contribution is 2.19. The summed E-state index contributed by atoms with van der Waals surface area (Å²) in [6, 6.07) is 12.7. The van der Waals surface area contributed by atoms with Gasteiger partial charge in [0.15, 0.2) is 5.69 Å². The van der Waals surface area contributed by atoms with Crippen molar-refractivity contribution in [1.29, 1.82) is 0 Å². The van der Waals surface area contributed by atoms with Crippen molar-refractivity contribution >= 4 is 5.91 Å². The van der Waals surface area contributed by atoms with Gasteiger partial charge in [0, 0.05) is 25.7 Å². The van der Waals surface area contributed by atoms with Crippen LogP contribution >= 0.6 is 0 Å². The molecule has 8 heteroatoms. The van der Waals surface area contributed by atoms with Gasteiger partial charge in [-0.3, -0.25) is 14.2 Å². The van der Waals surface area contributed by atoms with Crippen molar-refractivity contribution < 1.29 is 14.3 Å². The molecular formula is C20H19FN4O3. The third-order valence-electron chi connectivity index (χ3n) is 4.30. The number of nitrogens with two attached hydrogens (primary N) is 1. The number of hydrogen-bond acceptors (Lipinski definition) is 5. The second-order valence-electron chi connectivity index (χ2n) is 6.21. The van der Waals surface area contributed by atoms with Crippen LogP contribution in [0, 0.1) is 5.82 Å². The Morgan fingerprint density at radius 1 is 1.14 bits per heavy atom. The number of nitrogens with zero attached hydrogens (tertiary/aromatic N) is 2. The van der Waals surface area contributed by atoms with Gasteiger partial charge in [-0.15, -0.1) is 0 Å². The van der Waals surface area contributed by atoms with Crippen molar-refractivity contribution in [1.82, 2.24) is 14.9 Å². The van der Waals surface area contributed by atoms with E-state index in [4.69, 9.17) is 5.73 Å². The van der Waals surface area contributed by atoms with Crippen molar-refractivity contribution in [2.24, 2.45) is 12.8 Å². The lowest BCUT2D eigenvalue weighted by molar-refractivity contribution is 0.0942. The van der Waals surface area contributed by atoms with Gasteiger partial charge in [-0.2, -0.15) is 0 Å². The van der Waals surface area contributed by atoms with Gasteiger partial charge >= 0.3 is 0 Å². The molecule has 7 nitrogen and oxygen atoms in total. The van der Waals surface area contributed by atoms with Crippen LogP contribution < -0.4 is 16.6 Å². The van der Waals surface area contributed by atoms with Gasteiger partial charge in [0.1, 0.15) is 11.6 Å². The van der Waals surface area contributed by atoms with Crippen LogP contribution in [0.15, 0.2) is 53.3 Å². The number of halogens is 1. The van der Waals surface area contributed by atoms with Gasteiger partial charge in [-0.25, -0.2) is 9.37 Å². The molecule has 144 valence electrons. The number of carbonyl (C=O) groups excluding carboxylic acids is 1. The average molecular weight is 382 g/mol. The lowest BCUT2D eigenvalue weighted by atomic mass is 10.1. The van der Waals surface area contributed by atoms with E-state index in [9.17, 15) is 19.1 Å². The highest BCUT2D eigenvalue weighted by molar-refractivity contribution is 5.95. The Bertz CT molecular complexity index is 1060. The molecule has 0 fully saturated rings. The maximum Gasteiger partial charge on any atom is 0.296 e. The van der Waals surface area contributed by atoms with Crippen LogP contribution in [-0.2, 0) is 20.1 Å². The number of rotatable bonds is 5. The predicted molar refractivity (Wildman–Crippen MR) is 102 cm³/mol. The summed E-state index contributed by atoms with van der Waals surface area (Å²) in [5.41, 5.74) is 6.65. The zero-order valence-electron chi connectivity index (χ0n) is 15.1. The molecule has 28 heavy (non-hydrogen) atoms. The lowest BCUT2D eigenvalue weighted by Gasteiger charge is -2.12. The molecule has 0 unspecified atom stereocenters. The summed E-state index contributed by atoms with van der Waals surface area (Å²) >= 11 is 0. The van der Waals surface area contributed by atoms with Crippen LogP contribution in [0.3, 0.4) is 0 Å². The number of amides is 1. The summed E-state index contributed by atoms with van der Waals surface area (Å²) in [5, 5.41) is 12.7. The van der Waals surface area contributed by atoms with Crippen LogP contribution in [-0.4, -0.2) is 20.6 Å². The molecule has 0 bridgehead atoms. The fraction of sp³-hybridized carbons (Fsp3) is 0.150. The fourth-order valence-corrected chi connectivity index (χ4v) is 2.66. The Morgan fingerprint density at radius 3 is 2.36 bits per heavy atom. The Kier molecular flexibility index (Phi) is 5.51. The fourth-order valence-electron chi connectivity index (χ4n) is 2.66. The molecule has 0 saturated heterocycles. The summed E-state index contributed by atoms with van der Waals surface area (Å²) in [5.74, 6) is -1.59. The smallest absolute Gasteiger partial charge is 0.296 e. The molecule has 3 aromatic rings. The first-order valence-corrected chi connectivity index (χ1v) is 8.52. The van der Waals surface area contributed by atoms with Crippen molar-refractivity contribution in [3.63, 3.8) is 0 Å². The van der Waals surface area contributed by atoms with E-state index in [2.05, 4.69) is 10.3 Å². The minimum Gasteiger partial charge on any atom is -0.501 e. The molecule has 0 radical (unpaired) electrons. The van der Waals surface area contributed by atoms with Gasteiger partial charge in [0.2, 0.25) is 5.75 Å². The molecule has 0 spiro atoms. The van der Waals surface area contributed by atoms with Crippen LogP contribution in [0.25, 0.3) is 11.4 Å². The van der Waals surface area contributed by atoms with Gasteiger partial charge in [-0.1, -0.05) is 36.4 Å². The summed E-state index contributed by atoms with van der Waals surface area (Å²) < 4.78 is 14.1. The summed E-state index contributed by atoms with van der Waals surface area (Å²) in [7, 11) is 1.46. The normalized spacial score (nSPS) is 10.7. The van der Waals surface area contributed by atoms with Crippen LogP contribution in [0.5, 0.6) is 5.75 Å². The van der Waals surface area contributed by atoms with E-state index in [-0.39, 0.29) is 23.9 Å². The zero-order chi connectivity index (χ0) is 20.3. The predicted octanol–water partition coefficient (Wildman–Crippen LogP) is 1.68. The van der Waals surface area contributed by atoms with Crippen molar-refractivity contribution in [3.8, 4) is 17.1 Å². The number of nitrogens with one attached hydrogen (secondary N) is 1. The van der Waals surface area contributed by atoms with E-state index < -0.39 is 17.2 Å². The first-order valence-electron chi connectivity index (χ1n) is 8.52. The highest BCUT2D eigenvalue weighted by Gasteiger charge is 2.20. The molecule has 1 heterocycles. The maximum absolute atomic E-state index is 13.0. The number of aromatic nitrogens is 2. The Hall–Kier alpha value is -3.52. The highest BCUT2D eigenvalue weighted by atomic mass is 19.1. The monoisotopic (exact) mass is 382 g/mol. The number of hydrogen-bond donors (Lipinski definition) is 3. The largest absolute Gasteiger partial charge is 0.501 e. The van der Waals surface area contributed by atoms with Crippen LogP contribution in [0.4, 0.5) is 4.39 Å². The molecular weight excluding hydrogens is 363 g/mol.